The molecule has 1 aliphatic rings. The molecule has 1 fully saturated rings. The van der Waals surface area contributed by atoms with E-state index >= 15 is 0 Å². The summed E-state index contributed by atoms with van der Waals surface area (Å²) in [6.07, 6.45) is 0. The van der Waals surface area contributed by atoms with Gasteiger partial charge < -0.3 is 19.7 Å². The molecule has 0 aliphatic carbocycles. The Kier molecular flexibility index (Phi) is 6.89. The zero-order valence-corrected chi connectivity index (χ0v) is 18.0. The molecule has 0 unspecified atom stereocenters. The highest BCUT2D eigenvalue weighted by atomic mass is 35.5. The fourth-order valence-electron chi connectivity index (χ4n) is 3.16. The van der Waals surface area contributed by atoms with Crippen LogP contribution in [0, 0.1) is 6.92 Å². The summed E-state index contributed by atoms with van der Waals surface area (Å²) in [5.74, 6) is 0.188. The molecule has 0 aromatic heterocycles. The maximum Gasteiger partial charge on any atom is 0.387 e. The summed E-state index contributed by atoms with van der Waals surface area (Å²) in [4.78, 5) is 1.90. The van der Waals surface area contributed by atoms with Crippen molar-refractivity contribution in [2.45, 2.75) is 18.4 Å². The van der Waals surface area contributed by atoms with Gasteiger partial charge in [0.1, 0.15) is 11.4 Å². The van der Waals surface area contributed by atoms with Crippen LogP contribution in [0.3, 0.4) is 0 Å². The monoisotopic (exact) mass is 461 g/mol. The number of rotatable bonds is 7. The van der Waals surface area contributed by atoms with Crippen LogP contribution in [-0.4, -0.2) is 48.3 Å². The first-order valence-electron chi connectivity index (χ1n) is 9.14. The molecule has 0 radical (unpaired) electrons. The Bertz CT molecular complexity index is 1000. The normalized spacial score (nSPS) is 14.7. The van der Waals surface area contributed by atoms with Gasteiger partial charge in [0.2, 0.25) is 0 Å². The number of hydrogen-bond donors (Lipinski definition) is 1. The standard InChI is InChI=1S/C19H22ClF2N3O4S/c1-13-3-5-15(18(11-13)29-19(21)22)25(20)30(26,27)14-4-6-17(28-2)16(12-14)24-9-7-23-8-10-24/h3-6,11-12,19,23H,7-10H2,1-2H3. The second-order valence-corrected chi connectivity index (χ2v) is 8.97. The van der Waals surface area contributed by atoms with E-state index in [2.05, 4.69) is 10.1 Å². The minimum absolute atomic E-state index is 0.101. The molecule has 164 valence electrons. The number of methoxy groups -OCH3 is 1. The third-order valence-corrected chi connectivity index (χ3v) is 6.83. The van der Waals surface area contributed by atoms with E-state index in [0.717, 1.165) is 13.1 Å². The summed E-state index contributed by atoms with van der Waals surface area (Å²) in [5, 5.41) is 3.23. The topological polar surface area (TPSA) is 71.1 Å². The summed E-state index contributed by atoms with van der Waals surface area (Å²) in [7, 11) is -2.77. The van der Waals surface area contributed by atoms with Gasteiger partial charge in [0, 0.05) is 38.0 Å². The van der Waals surface area contributed by atoms with Crippen molar-refractivity contribution >= 4 is 33.2 Å². The molecule has 0 spiro atoms. The summed E-state index contributed by atoms with van der Waals surface area (Å²) >= 11 is 6.15. The minimum Gasteiger partial charge on any atom is -0.495 e. The maximum absolute atomic E-state index is 13.2. The zero-order chi connectivity index (χ0) is 21.9. The highest BCUT2D eigenvalue weighted by molar-refractivity contribution is 7.94. The van der Waals surface area contributed by atoms with Crippen LogP contribution in [0.5, 0.6) is 11.5 Å². The molecule has 1 saturated heterocycles. The van der Waals surface area contributed by atoms with Gasteiger partial charge in [-0.05, 0) is 42.8 Å². The molecule has 2 aromatic rings. The largest absolute Gasteiger partial charge is 0.495 e. The summed E-state index contributed by atoms with van der Waals surface area (Å²) in [6, 6.07) is 8.54. The average Bonchev–Trinajstić information content (AvgIpc) is 2.73. The molecule has 2 aromatic carbocycles. The van der Waals surface area contributed by atoms with Crippen molar-refractivity contribution in [3.8, 4) is 11.5 Å². The lowest BCUT2D eigenvalue weighted by Crippen LogP contribution is -2.43. The van der Waals surface area contributed by atoms with Crippen LogP contribution in [0.1, 0.15) is 5.56 Å². The molecule has 3 rings (SSSR count). The van der Waals surface area contributed by atoms with E-state index < -0.39 is 16.6 Å². The van der Waals surface area contributed by atoms with E-state index in [-0.39, 0.29) is 16.3 Å². The number of nitrogens with one attached hydrogen (secondary N) is 1. The van der Waals surface area contributed by atoms with Crippen molar-refractivity contribution in [1.82, 2.24) is 5.32 Å². The quantitative estimate of drug-likeness (QED) is 0.637. The molecule has 30 heavy (non-hydrogen) atoms. The van der Waals surface area contributed by atoms with Gasteiger partial charge in [-0.15, -0.1) is 0 Å². The van der Waals surface area contributed by atoms with E-state index in [1.807, 2.05) is 4.90 Å². The number of piperazine rings is 1. The number of ether oxygens (including phenoxy) is 2. The van der Waals surface area contributed by atoms with Gasteiger partial charge in [0.05, 0.1) is 17.7 Å². The van der Waals surface area contributed by atoms with Gasteiger partial charge in [-0.1, -0.05) is 6.07 Å². The van der Waals surface area contributed by atoms with Crippen molar-refractivity contribution in [3.63, 3.8) is 0 Å². The maximum atomic E-state index is 13.2. The SMILES string of the molecule is COc1ccc(S(=O)(=O)N(Cl)c2ccc(C)cc2OC(F)F)cc1N1CCNCC1. The molecular weight excluding hydrogens is 440 g/mol. The number of hydrogen-bond acceptors (Lipinski definition) is 6. The number of aryl methyl sites for hydroxylation is 1. The Balaban J connectivity index is 2.01. The van der Waals surface area contributed by atoms with Crippen molar-refractivity contribution in [2.24, 2.45) is 0 Å². The van der Waals surface area contributed by atoms with Crippen LogP contribution in [0.15, 0.2) is 41.3 Å². The van der Waals surface area contributed by atoms with Crippen LogP contribution in [0.25, 0.3) is 0 Å². The number of sulfonamides is 1. The molecule has 11 heteroatoms. The predicted molar refractivity (Wildman–Crippen MR) is 111 cm³/mol. The Hall–Kier alpha value is -2.30. The average molecular weight is 462 g/mol. The molecule has 1 heterocycles. The first kappa shape index (κ1) is 22.4. The molecule has 0 amide bonds. The summed E-state index contributed by atoms with van der Waals surface area (Å²) in [6.45, 7) is 1.39. The molecule has 0 bridgehead atoms. The Labute approximate surface area is 179 Å². The first-order valence-corrected chi connectivity index (χ1v) is 10.9. The third-order valence-electron chi connectivity index (χ3n) is 4.64. The first-order chi connectivity index (χ1) is 14.2. The molecule has 0 atom stereocenters. The summed E-state index contributed by atoms with van der Waals surface area (Å²) < 4.78 is 62.2. The van der Waals surface area contributed by atoms with Gasteiger partial charge in [-0.3, -0.25) is 0 Å². The fraction of sp³-hybridized carbons (Fsp3) is 0.368. The van der Waals surface area contributed by atoms with E-state index in [1.54, 1.807) is 19.1 Å². The second-order valence-electron chi connectivity index (χ2n) is 6.64. The van der Waals surface area contributed by atoms with Gasteiger partial charge >= 0.3 is 6.61 Å². The van der Waals surface area contributed by atoms with Gasteiger partial charge in [0.25, 0.3) is 10.0 Å². The van der Waals surface area contributed by atoms with Crippen molar-refractivity contribution < 1.29 is 26.7 Å². The molecule has 0 saturated carbocycles. The third kappa shape index (κ3) is 4.71. The molecule has 1 N–H and O–H groups in total. The van der Waals surface area contributed by atoms with Crippen LogP contribution in [0.2, 0.25) is 0 Å². The molecule has 7 nitrogen and oxygen atoms in total. The number of nitrogens with zero attached hydrogens (tertiary/aromatic N) is 2. The Morgan fingerprint density at radius 1 is 1.13 bits per heavy atom. The number of alkyl halides is 2. The van der Waals surface area contributed by atoms with Crippen LogP contribution >= 0.6 is 11.8 Å². The lowest BCUT2D eigenvalue weighted by atomic mass is 10.2. The van der Waals surface area contributed by atoms with Crippen molar-refractivity contribution in [2.75, 3.05) is 42.0 Å². The Morgan fingerprint density at radius 3 is 2.47 bits per heavy atom. The highest BCUT2D eigenvalue weighted by Crippen LogP contribution is 2.38. The van der Waals surface area contributed by atoms with E-state index in [0.29, 0.717) is 33.9 Å². The minimum atomic E-state index is -4.27. The predicted octanol–water partition coefficient (Wildman–Crippen LogP) is 3.36. The smallest absolute Gasteiger partial charge is 0.387 e. The van der Waals surface area contributed by atoms with Crippen LogP contribution < -0.4 is 23.5 Å². The Morgan fingerprint density at radius 2 is 1.83 bits per heavy atom. The van der Waals surface area contributed by atoms with Gasteiger partial charge in [-0.25, -0.2) is 0 Å². The number of benzene rings is 2. The van der Waals surface area contributed by atoms with Crippen LogP contribution in [-0.2, 0) is 10.0 Å². The summed E-state index contributed by atoms with van der Waals surface area (Å²) in [5.41, 5.74) is 1.02. The van der Waals surface area contributed by atoms with Gasteiger partial charge in [-0.2, -0.15) is 21.0 Å². The number of halogens is 3. The van der Waals surface area contributed by atoms with E-state index in [9.17, 15) is 17.2 Å². The van der Waals surface area contributed by atoms with Crippen molar-refractivity contribution in [1.29, 1.82) is 0 Å². The lowest BCUT2D eigenvalue weighted by Gasteiger charge is -2.31. The fourth-order valence-corrected chi connectivity index (χ4v) is 4.64. The van der Waals surface area contributed by atoms with E-state index in [1.165, 1.54) is 31.4 Å². The van der Waals surface area contributed by atoms with Crippen molar-refractivity contribution in [3.05, 3.63) is 42.0 Å². The second kappa shape index (κ2) is 9.23. The van der Waals surface area contributed by atoms with Gasteiger partial charge in [0.15, 0.2) is 5.75 Å². The lowest BCUT2D eigenvalue weighted by molar-refractivity contribution is -0.0494. The number of anilines is 2. The highest BCUT2D eigenvalue weighted by Gasteiger charge is 2.29. The molecular formula is C19H22ClF2N3O4S. The molecule has 1 aliphatic heterocycles. The van der Waals surface area contributed by atoms with E-state index in [4.69, 9.17) is 16.5 Å². The van der Waals surface area contributed by atoms with Crippen LogP contribution in [0.4, 0.5) is 20.2 Å². The zero-order valence-electron chi connectivity index (χ0n) is 16.4.